The summed E-state index contributed by atoms with van der Waals surface area (Å²) in [5, 5.41) is 5.51. The molecule has 0 unspecified atom stereocenters. The third-order valence-electron chi connectivity index (χ3n) is 3.36. The maximum Gasteiger partial charge on any atom is 0.233 e. The summed E-state index contributed by atoms with van der Waals surface area (Å²) in [7, 11) is 0. The molecule has 0 aliphatic heterocycles. The van der Waals surface area contributed by atoms with E-state index in [1.165, 1.54) is 0 Å². The van der Waals surface area contributed by atoms with Crippen LogP contribution in [0.1, 0.15) is 23.1 Å². The molecule has 0 atom stereocenters. The number of benzene rings is 2. The predicted octanol–water partition coefficient (Wildman–Crippen LogP) is 3.71. The molecule has 23 heavy (non-hydrogen) atoms. The monoisotopic (exact) mass is 374 g/mol. The van der Waals surface area contributed by atoms with E-state index in [0.29, 0.717) is 12.2 Å². The van der Waals surface area contributed by atoms with Crippen molar-refractivity contribution in [2.24, 2.45) is 0 Å². The van der Waals surface area contributed by atoms with E-state index in [1.54, 1.807) is 0 Å². The van der Waals surface area contributed by atoms with Gasteiger partial charge in [0.2, 0.25) is 11.8 Å². The Bertz CT molecular complexity index is 729. The largest absolute Gasteiger partial charge is 0.352 e. The van der Waals surface area contributed by atoms with Crippen molar-refractivity contribution in [1.82, 2.24) is 5.32 Å². The number of hydrogen-bond acceptors (Lipinski definition) is 2. The minimum atomic E-state index is -0.322. The first-order valence-electron chi connectivity index (χ1n) is 7.32. The molecule has 2 aromatic carbocycles. The standard InChI is InChI=1S/C18H19BrN2O2/c1-12-4-3-5-14(8-12)11-20-17(22)10-18(23)21-16-7-6-15(19)9-13(16)2/h3-9H,10-11H2,1-2H3,(H,20,22)(H,21,23). The van der Waals surface area contributed by atoms with Crippen molar-refractivity contribution < 1.29 is 9.59 Å². The zero-order valence-corrected chi connectivity index (χ0v) is 14.7. The van der Waals surface area contributed by atoms with Gasteiger partial charge in [-0.2, -0.15) is 0 Å². The second-order valence-electron chi connectivity index (χ2n) is 5.45. The molecule has 0 saturated heterocycles. The minimum absolute atomic E-state index is 0.193. The maximum absolute atomic E-state index is 11.9. The number of carbonyl (C=O) groups is 2. The molecular formula is C18H19BrN2O2. The van der Waals surface area contributed by atoms with Crippen LogP contribution in [-0.4, -0.2) is 11.8 Å². The molecule has 0 spiro atoms. The van der Waals surface area contributed by atoms with Crippen LogP contribution in [0.3, 0.4) is 0 Å². The summed E-state index contributed by atoms with van der Waals surface area (Å²) >= 11 is 3.37. The molecule has 0 radical (unpaired) electrons. The highest BCUT2D eigenvalue weighted by atomic mass is 79.9. The Hall–Kier alpha value is -2.14. The lowest BCUT2D eigenvalue weighted by molar-refractivity contribution is -0.126. The van der Waals surface area contributed by atoms with Gasteiger partial charge >= 0.3 is 0 Å². The second kappa shape index (κ2) is 7.92. The van der Waals surface area contributed by atoms with E-state index in [4.69, 9.17) is 0 Å². The van der Waals surface area contributed by atoms with Gasteiger partial charge in [-0.15, -0.1) is 0 Å². The van der Waals surface area contributed by atoms with E-state index in [0.717, 1.165) is 21.2 Å². The number of anilines is 1. The van der Waals surface area contributed by atoms with Gasteiger partial charge in [-0.3, -0.25) is 9.59 Å². The summed E-state index contributed by atoms with van der Waals surface area (Å²) in [6.07, 6.45) is -0.193. The zero-order valence-electron chi connectivity index (χ0n) is 13.2. The molecule has 4 nitrogen and oxygen atoms in total. The minimum Gasteiger partial charge on any atom is -0.352 e. The van der Waals surface area contributed by atoms with Gasteiger partial charge in [0, 0.05) is 16.7 Å². The van der Waals surface area contributed by atoms with Crippen molar-refractivity contribution in [1.29, 1.82) is 0 Å². The van der Waals surface area contributed by atoms with Crippen LogP contribution in [0.25, 0.3) is 0 Å². The molecule has 2 aromatic rings. The quantitative estimate of drug-likeness (QED) is 0.783. The van der Waals surface area contributed by atoms with Crippen molar-refractivity contribution in [3.8, 4) is 0 Å². The molecule has 0 aliphatic carbocycles. The van der Waals surface area contributed by atoms with Crippen LogP contribution in [0.2, 0.25) is 0 Å². The molecule has 5 heteroatoms. The van der Waals surface area contributed by atoms with Crippen LogP contribution in [0.5, 0.6) is 0 Å². The van der Waals surface area contributed by atoms with Gasteiger partial charge in [0.1, 0.15) is 6.42 Å². The fourth-order valence-electron chi connectivity index (χ4n) is 2.19. The van der Waals surface area contributed by atoms with Crippen molar-refractivity contribution in [2.75, 3.05) is 5.32 Å². The first-order valence-corrected chi connectivity index (χ1v) is 8.11. The summed E-state index contributed by atoms with van der Waals surface area (Å²) in [5.74, 6) is -0.615. The van der Waals surface area contributed by atoms with Gasteiger partial charge in [-0.05, 0) is 43.2 Å². The third-order valence-corrected chi connectivity index (χ3v) is 3.85. The smallest absolute Gasteiger partial charge is 0.233 e. The lowest BCUT2D eigenvalue weighted by atomic mass is 10.1. The lowest BCUT2D eigenvalue weighted by Gasteiger charge is -2.09. The predicted molar refractivity (Wildman–Crippen MR) is 95.2 cm³/mol. The van der Waals surface area contributed by atoms with Crippen LogP contribution in [0.15, 0.2) is 46.9 Å². The average molecular weight is 375 g/mol. The van der Waals surface area contributed by atoms with Gasteiger partial charge in [-0.1, -0.05) is 45.8 Å². The summed E-state index contributed by atoms with van der Waals surface area (Å²) in [5.41, 5.74) is 3.81. The number of carbonyl (C=O) groups excluding carboxylic acids is 2. The van der Waals surface area contributed by atoms with Crippen molar-refractivity contribution in [3.05, 3.63) is 63.6 Å². The van der Waals surface area contributed by atoms with Gasteiger partial charge in [0.25, 0.3) is 0 Å². The van der Waals surface area contributed by atoms with Crippen LogP contribution in [0.4, 0.5) is 5.69 Å². The van der Waals surface area contributed by atoms with Crippen LogP contribution in [0, 0.1) is 13.8 Å². The number of halogens is 1. The molecule has 2 rings (SSSR count). The van der Waals surface area contributed by atoms with E-state index in [2.05, 4.69) is 26.6 Å². The van der Waals surface area contributed by atoms with Crippen LogP contribution in [-0.2, 0) is 16.1 Å². The Labute approximate surface area is 144 Å². The Morgan fingerprint density at radius 1 is 1.04 bits per heavy atom. The van der Waals surface area contributed by atoms with E-state index in [1.807, 2.05) is 56.3 Å². The Balaban J connectivity index is 1.84. The lowest BCUT2D eigenvalue weighted by Crippen LogP contribution is -2.27. The number of hydrogen-bond donors (Lipinski definition) is 2. The van der Waals surface area contributed by atoms with Crippen molar-refractivity contribution >= 4 is 33.4 Å². The fraction of sp³-hybridized carbons (Fsp3) is 0.222. The highest BCUT2D eigenvalue weighted by molar-refractivity contribution is 9.10. The molecule has 0 bridgehead atoms. The molecule has 0 aliphatic rings. The zero-order chi connectivity index (χ0) is 16.8. The van der Waals surface area contributed by atoms with E-state index in [9.17, 15) is 9.59 Å². The molecule has 0 fully saturated rings. The third kappa shape index (κ3) is 5.53. The molecule has 120 valence electrons. The normalized spacial score (nSPS) is 10.2. The Morgan fingerprint density at radius 3 is 2.52 bits per heavy atom. The summed E-state index contributed by atoms with van der Waals surface area (Å²) < 4.78 is 0.948. The SMILES string of the molecule is Cc1cccc(CNC(=O)CC(=O)Nc2ccc(Br)cc2C)c1. The van der Waals surface area contributed by atoms with Crippen LogP contribution >= 0.6 is 15.9 Å². The van der Waals surface area contributed by atoms with E-state index in [-0.39, 0.29) is 18.2 Å². The van der Waals surface area contributed by atoms with E-state index < -0.39 is 0 Å². The maximum atomic E-state index is 11.9. The Morgan fingerprint density at radius 2 is 1.83 bits per heavy atom. The van der Waals surface area contributed by atoms with Crippen LogP contribution < -0.4 is 10.6 Å². The molecule has 2 N–H and O–H groups in total. The first-order chi connectivity index (χ1) is 10.9. The number of rotatable bonds is 5. The fourth-order valence-corrected chi connectivity index (χ4v) is 2.67. The molecular weight excluding hydrogens is 356 g/mol. The molecule has 2 amide bonds. The highest BCUT2D eigenvalue weighted by Crippen LogP contribution is 2.20. The highest BCUT2D eigenvalue weighted by Gasteiger charge is 2.10. The van der Waals surface area contributed by atoms with Gasteiger partial charge in [0.05, 0.1) is 0 Å². The number of aryl methyl sites for hydroxylation is 2. The van der Waals surface area contributed by atoms with Gasteiger partial charge in [0.15, 0.2) is 0 Å². The summed E-state index contributed by atoms with van der Waals surface area (Å²) in [6.45, 7) is 4.32. The topological polar surface area (TPSA) is 58.2 Å². The van der Waals surface area contributed by atoms with Crippen molar-refractivity contribution in [2.45, 2.75) is 26.8 Å². The first kappa shape index (κ1) is 17.2. The molecule has 0 heterocycles. The number of nitrogens with one attached hydrogen (secondary N) is 2. The second-order valence-corrected chi connectivity index (χ2v) is 6.37. The molecule has 0 saturated carbocycles. The summed E-state index contributed by atoms with van der Waals surface area (Å²) in [6, 6.07) is 13.5. The average Bonchev–Trinajstić information content (AvgIpc) is 2.48. The Kier molecular flexibility index (Phi) is 5.93. The van der Waals surface area contributed by atoms with Gasteiger partial charge < -0.3 is 10.6 Å². The molecule has 0 aromatic heterocycles. The van der Waals surface area contributed by atoms with Gasteiger partial charge in [-0.25, -0.2) is 0 Å². The number of amides is 2. The van der Waals surface area contributed by atoms with Crippen molar-refractivity contribution in [3.63, 3.8) is 0 Å². The van der Waals surface area contributed by atoms with E-state index >= 15 is 0 Å². The summed E-state index contributed by atoms with van der Waals surface area (Å²) in [4.78, 5) is 23.8.